The third kappa shape index (κ3) is 14.0. The van der Waals surface area contributed by atoms with E-state index in [1.807, 2.05) is 13.8 Å². The van der Waals surface area contributed by atoms with Gasteiger partial charge in [0.05, 0.1) is 64.2 Å². The van der Waals surface area contributed by atoms with Crippen molar-refractivity contribution in [1.29, 1.82) is 26.3 Å². The van der Waals surface area contributed by atoms with E-state index < -0.39 is 0 Å². The van der Waals surface area contributed by atoms with E-state index in [2.05, 4.69) is 65.0 Å². The first kappa shape index (κ1) is 47.4. The van der Waals surface area contributed by atoms with E-state index in [0.29, 0.717) is 22.8 Å². The van der Waals surface area contributed by atoms with Gasteiger partial charge in [-0.05, 0) is 73.6 Å². The molecule has 0 N–H and O–H groups in total. The minimum atomic E-state index is -0.226. The molecule has 0 aliphatic heterocycles. The van der Waals surface area contributed by atoms with Crippen LogP contribution in [0.15, 0.2) is 132 Å². The normalized spacial score (nSPS) is 19.0. The molecule has 0 unspecified atom stereocenters. The van der Waals surface area contributed by atoms with Gasteiger partial charge in [0.1, 0.15) is 28.8 Å². The molecule has 58 heavy (non-hydrogen) atoms. The zero-order valence-corrected chi connectivity index (χ0v) is 32.2. The van der Waals surface area contributed by atoms with Crippen LogP contribution in [0.5, 0.6) is 0 Å². The third-order valence-corrected chi connectivity index (χ3v) is 7.55. The zero-order valence-electron chi connectivity index (χ0n) is 29.2. The molecule has 4 rings (SSSR count). The van der Waals surface area contributed by atoms with E-state index in [9.17, 15) is 0 Å². The van der Waals surface area contributed by atoms with Crippen molar-refractivity contribution in [2.45, 2.75) is 13.8 Å². The van der Waals surface area contributed by atoms with E-state index in [1.165, 1.54) is 18.3 Å². The summed E-state index contributed by atoms with van der Waals surface area (Å²) in [7, 11) is 0. The van der Waals surface area contributed by atoms with Gasteiger partial charge in [0, 0.05) is 0 Å². The number of allylic oxidation sites excluding steroid dienone is 15. The van der Waals surface area contributed by atoms with Gasteiger partial charge >= 0.3 is 0 Å². The van der Waals surface area contributed by atoms with Crippen LogP contribution in [0.1, 0.15) is 13.8 Å². The molecular weight excluding hydrogens is 826 g/mol. The summed E-state index contributed by atoms with van der Waals surface area (Å²) in [5, 5.41) is 56.3. The second kappa shape index (κ2) is 25.4. The van der Waals surface area contributed by atoms with Crippen molar-refractivity contribution in [3.05, 3.63) is 149 Å². The fourth-order valence-electron chi connectivity index (χ4n) is 3.78. The Morgan fingerprint density at radius 3 is 1.48 bits per heavy atom. The van der Waals surface area contributed by atoms with Crippen LogP contribution >= 0.6 is 46.4 Å². The molecule has 0 aromatic rings. The molecule has 22 heteroatoms. The molecule has 0 saturated heterocycles. The van der Waals surface area contributed by atoms with Crippen LogP contribution in [0.25, 0.3) is 24.7 Å². The second-order valence-corrected chi connectivity index (χ2v) is 11.2. The minimum Gasteiger partial charge on any atom is -0.234 e. The minimum absolute atomic E-state index is 0.193. The lowest BCUT2D eigenvalue weighted by Crippen LogP contribution is -2.18. The Labute approximate surface area is 350 Å². The summed E-state index contributed by atoms with van der Waals surface area (Å²) in [6.07, 6.45) is 19.3. The summed E-state index contributed by atoms with van der Waals surface area (Å²) >= 11 is 23.2. The van der Waals surface area contributed by atoms with E-state index in [4.69, 9.17) is 106 Å². The predicted molar refractivity (Wildman–Crippen MR) is 220 cm³/mol. The quantitative estimate of drug-likeness (QED) is 0.101. The first-order chi connectivity index (χ1) is 27.8. The van der Waals surface area contributed by atoms with Crippen LogP contribution in [-0.2, 0) is 0 Å². The van der Waals surface area contributed by atoms with Crippen molar-refractivity contribution < 1.29 is 0 Å². The highest BCUT2D eigenvalue weighted by Crippen LogP contribution is 2.32. The van der Waals surface area contributed by atoms with Crippen LogP contribution in [0.4, 0.5) is 0 Å². The van der Waals surface area contributed by atoms with Gasteiger partial charge in [-0.15, -0.1) is 19.8 Å². The molecule has 276 valence electrons. The van der Waals surface area contributed by atoms with Crippen molar-refractivity contribution in [2.75, 3.05) is 0 Å². The molecule has 0 saturated carbocycles. The van der Waals surface area contributed by atoms with E-state index in [-0.39, 0.29) is 54.2 Å². The Morgan fingerprint density at radius 2 is 0.966 bits per heavy atom. The number of hydrogen-bond donors (Lipinski definition) is 0. The number of aliphatic imine (C=N–C) groups is 4. The lowest BCUT2D eigenvalue weighted by Gasteiger charge is -2.12. The van der Waals surface area contributed by atoms with Gasteiger partial charge in [0.15, 0.2) is 11.4 Å². The number of hydrogen-bond acceptors (Lipinski definition) is 13. The zero-order chi connectivity index (χ0) is 43.6. The summed E-state index contributed by atoms with van der Waals surface area (Å²) in [5.41, 5.74) is 3.84. The lowest BCUT2D eigenvalue weighted by molar-refractivity contribution is 1.40. The summed E-state index contributed by atoms with van der Waals surface area (Å²) in [4.78, 5) is 28.4. The first-order valence-electron chi connectivity index (χ1n) is 14.6. The van der Waals surface area contributed by atoms with Crippen LogP contribution in [0, 0.1) is 90.0 Å². The summed E-state index contributed by atoms with van der Waals surface area (Å²) in [6, 6.07) is 1.71. The van der Waals surface area contributed by atoms with Crippen LogP contribution in [0.2, 0.25) is 0 Å². The average Bonchev–Trinajstić information content (AvgIpc) is 3.20. The number of rotatable bonds is 0. The molecular formula is C36H14Cl4N18. The molecule has 0 aromatic carbocycles. The van der Waals surface area contributed by atoms with Crippen molar-refractivity contribution in [3.63, 3.8) is 0 Å². The molecule has 0 radical (unpaired) electrons. The Hall–Kier alpha value is -8.66. The Kier molecular flexibility index (Phi) is 20.7. The highest BCUT2D eigenvalue weighted by molar-refractivity contribution is 6.58. The molecule has 0 spiro atoms. The maximum Gasteiger partial charge on any atom is 0.235 e. The van der Waals surface area contributed by atoms with Gasteiger partial charge in [0.25, 0.3) is 0 Å². The summed E-state index contributed by atoms with van der Waals surface area (Å²) < 4.78 is 0. The van der Waals surface area contributed by atoms with Gasteiger partial charge in [-0.1, -0.05) is 46.4 Å². The van der Waals surface area contributed by atoms with Crippen molar-refractivity contribution in [2.24, 2.45) is 40.4 Å². The van der Waals surface area contributed by atoms with E-state index in [0.717, 1.165) is 11.1 Å². The molecule has 0 amide bonds. The topological polar surface area (TPSA) is 240 Å². The van der Waals surface area contributed by atoms with E-state index >= 15 is 0 Å². The predicted octanol–water partition coefficient (Wildman–Crippen LogP) is 8.43. The smallest absolute Gasteiger partial charge is 0.234 e. The second-order valence-electron chi connectivity index (χ2n) is 9.62. The highest BCUT2D eigenvalue weighted by atomic mass is 35.5. The maximum atomic E-state index is 8.95. The van der Waals surface area contributed by atoms with Gasteiger partial charge in [-0.3, -0.25) is 0 Å². The molecule has 0 fully saturated rings. The van der Waals surface area contributed by atoms with Gasteiger partial charge in [-0.25, -0.2) is 4.85 Å². The molecule has 4 aliphatic carbocycles. The van der Waals surface area contributed by atoms with Gasteiger partial charge in [-0.2, -0.15) is 72.6 Å². The standard InChI is InChI=1S/C10Cl2N6.C10H8N4.C8H2Cl2N4.C8H4N4/c1-15-9-7(12)8(18-16-2)5(3-13)6(11)10(9)17-4-14;1-7-5-10(14-12-3)8(2)4-9(7)13-6-11;1-12-14-8-3-5(9)7(13-4-11)2-6(8)10;1-10-12-8-4-2-7(3-5-8)11-6-9/h;4-5H,1-2H3;2-3H;2-5H/b17-10?,18-8-;13-9?,14-10-;13-7?,14-8-;. The van der Waals surface area contributed by atoms with Crippen molar-refractivity contribution in [3.8, 4) is 30.8 Å². The monoisotopic (exact) mass is 838 g/mol. The van der Waals surface area contributed by atoms with Crippen LogP contribution in [-0.4, -0.2) is 45.7 Å². The Balaban J connectivity index is 0.000000391. The van der Waals surface area contributed by atoms with Crippen LogP contribution < -0.4 is 0 Å². The van der Waals surface area contributed by atoms with Gasteiger partial charge in [0.2, 0.25) is 30.5 Å². The fraction of sp³-hybridized carbons (Fsp3) is 0.0556. The lowest BCUT2D eigenvalue weighted by atomic mass is 9.98. The van der Waals surface area contributed by atoms with Crippen LogP contribution in [0.3, 0.4) is 0 Å². The largest absolute Gasteiger partial charge is 0.235 e. The summed E-state index contributed by atoms with van der Waals surface area (Å²) in [6.45, 7) is 36.9. The molecule has 18 nitrogen and oxygen atoms in total. The Bertz CT molecular complexity index is 2430. The maximum absolute atomic E-state index is 8.95. The van der Waals surface area contributed by atoms with Gasteiger partial charge < -0.3 is 0 Å². The average molecular weight is 840 g/mol. The third-order valence-electron chi connectivity index (χ3n) is 6.22. The highest BCUT2D eigenvalue weighted by Gasteiger charge is 2.32. The molecule has 0 bridgehead atoms. The molecule has 0 heterocycles. The first-order valence-corrected chi connectivity index (χ1v) is 16.1. The number of nitrogens with zero attached hydrogens (tertiary/aromatic N) is 18. The Morgan fingerprint density at radius 1 is 0.500 bits per heavy atom. The fourth-order valence-corrected chi connectivity index (χ4v) is 4.70. The molecule has 0 aromatic heterocycles. The SMILES string of the molecule is [C-]#[N+]/N=C1/C=C(C)C(=NC#N)C=C1C.[C-]#[N+]/N=C1/C=C(Cl)C(=NC#N)C=C1Cl.[C-]#[N+]/N=C1\C(Cl)=C([N+]#[C-])C(=NC#N)C(Cl)=C1C#N.[C-]#[N+]N=C1C=CC(=NC#N)C=C1. The molecule has 0 atom stereocenters. The number of halogens is 4. The van der Waals surface area contributed by atoms with E-state index in [1.54, 1.807) is 61.1 Å². The molecule has 4 aliphatic rings. The summed E-state index contributed by atoms with van der Waals surface area (Å²) in [5.74, 6) is 0. The van der Waals surface area contributed by atoms with Crippen molar-refractivity contribution in [1.82, 2.24) is 0 Å². The van der Waals surface area contributed by atoms with Crippen molar-refractivity contribution >= 4 is 92.1 Å². The number of nitriles is 5.